The third-order valence-corrected chi connectivity index (χ3v) is 3.68. The molecule has 1 aromatic carbocycles. The van der Waals surface area contributed by atoms with Gasteiger partial charge in [0.05, 0.1) is 16.9 Å². The second kappa shape index (κ2) is 5.48. The van der Waals surface area contributed by atoms with Gasteiger partial charge >= 0.3 is 0 Å². The van der Waals surface area contributed by atoms with E-state index in [1.54, 1.807) is 22.2 Å². The lowest BCUT2D eigenvalue weighted by Gasteiger charge is -1.99. The van der Waals surface area contributed by atoms with E-state index in [9.17, 15) is 0 Å². The number of rotatable bonds is 3. The minimum atomic E-state index is 0.451. The number of nitrogens with one attached hydrogen (secondary N) is 1. The molecule has 0 spiro atoms. The Labute approximate surface area is 124 Å². The normalized spacial score (nSPS) is 11.2. The topological polar surface area (TPSA) is 58.9 Å². The Morgan fingerprint density at radius 1 is 1.35 bits per heavy atom. The van der Waals surface area contributed by atoms with Gasteiger partial charge in [-0.3, -0.25) is 0 Å². The molecule has 5 nitrogen and oxygen atoms in total. The summed E-state index contributed by atoms with van der Waals surface area (Å²) in [5.41, 5.74) is 1.76. The maximum absolute atomic E-state index is 5.21. The van der Waals surface area contributed by atoms with Crippen molar-refractivity contribution in [2.45, 2.75) is 6.92 Å². The molecule has 0 aliphatic rings. The fourth-order valence-electron chi connectivity index (χ4n) is 1.73. The predicted octanol–water partition coefficient (Wildman–Crippen LogP) is 3.25. The van der Waals surface area contributed by atoms with Crippen molar-refractivity contribution < 1.29 is 0 Å². The van der Waals surface area contributed by atoms with Crippen LogP contribution in [0.15, 0.2) is 40.8 Å². The molecule has 7 heteroatoms. The Morgan fingerprint density at radius 2 is 2.15 bits per heavy atom. The summed E-state index contributed by atoms with van der Waals surface area (Å²) >= 11 is 6.79. The van der Waals surface area contributed by atoms with E-state index in [-0.39, 0.29) is 0 Å². The third kappa shape index (κ3) is 2.59. The molecule has 100 valence electrons. The summed E-state index contributed by atoms with van der Waals surface area (Å²) in [5.74, 6) is 0.679. The van der Waals surface area contributed by atoms with Gasteiger partial charge in [0.15, 0.2) is 5.82 Å². The lowest BCUT2D eigenvalue weighted by Crippen LogP contribution is -1.95. The van der Waals surface area contributed by atoms with Gasteiger partial charge in [-0.15, -0.1) is 11.3 Å². The first-order chi connectivity index (χ1) is 9.74. The molecule has 2 aromatic heterocycles. The van der Waals surface area contributed by atoms with E-state index < -0.39 is 0 Å². The van der Waals surface area contributed by atoms with Crippen LogP contribution in [0.3, 0.4) is 0 Å². The Kier molecular flexibility index (Phi) is 3.53. The number of H-pyrrole nitrogens is 1. The maximum atomic E-state index is 5.21. The minimum absolute atomic E-state index is 0.451. The number of hydrogen-bond acceptors (Lipinski definition) is 5. The van der Waals surface area contributed by atoms with Crippen LogP contribution in [0, 0.1) is 11.7 Å². The number of nitrogens with zero attached hydrogens (tertiary/aromatic N) is 4. The van der Waals surface area contributed by atoms with E-state index in [1.807, 2.05) is 42.6 Å². The molecule has 0 bridgehead atoms. The van der Waals surface area contributed by atoms with Crippen LogP contribution in [0.5, 0.6) is 0 Å². The van der Waals surface area contributed by atoms with E-state index in [0.29, 0.717) is 10.6 Å². The average Bonchev–Trinajstić information content (AvgIpc) is 3.04. The van der Waals surface area contributed by atoms with Crippen LogP contribution in [0.4, 0.5) is 0 Å². The van der Waals surface area contributed by atoms with Crippen molar-refractivity contribution in [3.8, 4) is 11.4 Å². The molecule has 0 aliphatic heterocycles. The van der Waals surface area contributed by atoms with Gasteiger partial charge in [-0.2, -0.15) is 14.9 Å². The van der Waals surface area contributed by atoms with Gasteiger partial charge in [0.2, 0.25) is 4.77 Å². The minimum Gasteiger partial charge on any atom is -0.250 e. The number of benzene rings is 1. The molecule has 0 atom stereocenters. The van der Waals surface area contributed by atoms with Crippen molar-refractivity contribution in [3.63, 3.8) is 0 Å². The SMILES string of the molecule is Cc1nc(/C=N/n2c(-c3ccccc3)n[nH]c2=S)cs1. The summed E-state index contributed by atoms with van der Waals surface area (Å²) in [7, 11) is 0. The Bertz CT molecular complexity index is 798. The van der Waals surface area contributed by atoms with Crippen molar-refractivity contribution in [1.82, 2.24) is 19.9 Å². The van der Waals surface area contributed by atoms with E-state index in [1.165, 1.54) is 0 Å². The standard InChI is InChI=1S/C13H11N5S2/c1-9-15-11(8-20-9)7-14-18-12(16-17-13(18)19)10-5-3-2-4-6-10/h2-8H,1H3,(H,17,19)/b14-7+. The van der Waals surface area contributed by atoms with Gasteiger partial charge in [-0.05, 0) is 19.1 Å². The van der Waals surface area contributed by atoms with Gasteiger partial charge in [0.25, 0.3) is 0 Å². The Balaban J connectivity index is 2.00. The van der Waals surface area contributed by atoms with Crippen molar-refractivity contribution in [2.24, 2.45) is 5.10 Å². The predicted molar refractivity (Wildman–Crippen MR) is 82.7 cm³/mol. The molecule has 0 saturated carbocycles. The second-order valence-corrected chi connectivity index (χ2v) is 5.52. The van der Waals surface area contributed by atoms with Crippen LogP contribution in [0.25, 0.3) is 11.4 Å². The first-order valence-corrected chi connectivity index (χ1v) is 7.22. The van der Waals surface area contributed by atoms with Crippen LogP contribution >= 0.6 is 23.6 Å². The molecule has 0 fully saturated rings. The molecule has 0 saturated heterocycles. The number of hydrogen-bond donors (Lipinski definition) is 1. The van der Waals surface area contributed by atoms with E-state index >= 15 is 0 Å². The van der Waals surface area contributed by atoms with Crippen molar-refractivity contribution in [2.75, 3.05) is 0 Å². The number of aryl methyl sites for hydroxylation is 1. The highest BCUT2D eigenvalue weighted by molar-refractivity contribution is 7.71. The van der Waals surface area contributed by atoms with Crippen LogP contribution < -0.4 is 0 Å². The first-order valence-electron chi connectivity index (χ1n) is 5.93. The average molecular weight is 301 g/mol. The van der Waals surface area contributed by atoms with E-state index in [0.717, 1.165) is 16.3 Å². The molecule has 3 aromatic rings. The van der Waals surface area contributed by atoms with Crippen molar-refractivity contribution in [3.05, 3.63) is 51.2 Å². The molecule has 3 rings (SSSR count). The number of thiazole rings is 1. The quantitative estimate of drug-likeness (QED) is 0.597. The lowest BCUT2D eigenvalue weighted by molar-refractivity contribution is 0.871. The zero-order valence-corrected chi connectivity index (χ0v) is 12.3. The van der Waals surface area contributed by atoms with E-state index in [4.69, 9.17) is 12.2 Å². The number of aromatic nitrogens is 4. The highest BCUT2D eigenvalue weighted by Crippen LogP contribution is 2.16. The summed E-state index contributed by atoms with van der Waals surface area (Å²) in [6.45, 7) is 1.96. The first kappa shape index (κ1) is 12.9. The second-order valence-electron chi connectivity index (χ2n) is 4.07. The molecule has 0 aliphatic carbocycles. The van der Waals surface area contributed by atoms with Crippen LogP contribution in [-0.2, 0) is 0 Å². The van der Waals surface area contributed by atoms with Gasteiger partial charge in [0.1, 0.15) is 0 Å². The smallest absolute Gasteiger partial charge is 0.216 e. The Hall–Kier alpha value is -2.12. The maximum Gasteiger partial charge on any atom is 0.216 e. The lowest BCUT2D eigenvalue weighted by atomic mass is 10.2. The molecule has 2 heterocycles. The van der Waals surface area contributed by atoms with Crippen LogP contribution in [0.2, 0.25) is 0 Å². The molecule has 0 unspecified atom stereocenters. The van der Waals surface area contributed by atoms with Gasteiger partial charge < -0.3 is 0 Å². The summed E-state index contributed by atoms with van der Waals surface area (Å²) < 4.78 is 2.05. The third-order valence-electron chi connectivity index (χ3n) is 2.62. The fraction of sp³-hybridized carbons (Fsp3) is 0.0769. The molecular formula is C13H11N5S2. The largest absolute Gasteiger partial charge is 0.250 e. The van der Waals surface area contributed by atoms with Gasteiger partial charge in [-0.25, -0.2) is 10.1 Å². The zero-order valence-electron chi connectivity index (χ0n) is 10.6. The zero-order chi connectivity index (χ0) is 13.9. The summed E-state index contributed by atoms with van der Waals surface area (Å²) in [6.07, 6.45) is 1.68. The molecule has 0 amide bonds. The molecule has 20 heavy (non-hydrogen) atoms. The fourth-order valence-corrected chi connectivity index (χ4v) is 2.47. The summed E-state index contributed by atoms with van der Waals surface area (Å²) in [6, 6.07) is 9.78. The van der Waals surface area contributed by atoms with Crippen LogP contribution in [-0.4, -0.2) is 26.1 Å². The van der Waals surface area contributed by atoms with Crippen LogP contribution in [0.1, 0.15) is 10.7 Å². The van der Waals surface area contributed by atoms with Crippen molar-refractivity contribution in [1.29, 1.82) is 0 Å². The number of aromatic amines is 1. The Morgan fingerprint density at radius 3 is 2.85 bits per heavy atom. The summed E-state index contributed by atoms with van der Waals surface area (Å²) in [4.78, 5) is 4.33. The molecule has 0 radical (unpaired) electrons. The van der Waals surface area contributed by atoms with E-state index in [2.05, 4.69) is 20.3 Å². The van der Waals surface area contributed by atoms with Crippen molar-refractivity contribution >= 4 is 29.8 Å². The molecule has 1 N–H and O–H groups in total. The monoisotopic (exact) mass is 301 g/mol. The summed E-state index contributed by atoms with van der Waals surface area (Å²) in [5, 5.41) is 14.3. The van der Waals surface area contributed by atoms with Gasteiger partial charge in [-0.1, -0.05) is 30.3 Å². The highest BCUT2D eigenvalue weighted by atomic mass is 32.1. The highest BCUT2D eigenvalue weighted by Gasteiger charge is 2.07. The van der Waals surface area contributed by atoms with Gasteiger partial charge in [0, 0.05) is 10.9 Å². The molecular weight excluding hydrogens is 290 g/mol.